The van der Waals surface area contributed by atoms with Gasteiger partial charge in [-0.25, -0.2) is 4.99 Å². The number of halogens is 2. The summed E-state index contributed by atoms with van der Waals surface area (Å²) in [4.78, 5) is 23.6. The van der Waals surface area contributed by atoms with E-state index in [0.29, 0.717) is 16.7 Å². The Balaban J connectivity index is 1.75. The number of rotatable bonds is 3. The maximum atomic E-state index is 13.2. The second-order valence-electron chi connectivity index (χ2n) is 6.12. The van der Waals surface area contributed by atoms with E-state index in [1.165, 1.54) is 11.8 Å². The van der Waals surface area contributed by atoms with Crippen molar-refractivity contribution in [2.24, 2.45) is 4.99 Å². The summed E-state index contributed by atoms with van der Waals surface area (Å²) < 4.78 is 0.959. The summed E-state index contributed by atoms with van der Waals surface area (Å²) >= 11 is 12.7. The van der Waals surface area contributed by atoms with Crippen LogP contribution in [0.25, 0.3) is 0 Å². The van der Waals surface area contributed by atoms with E-state index in [1.807, 2.05) is 49.4 Å². The van der Waals surface area contributed by atoms with Gasteiger partial charge in [-0.15, -0.1) is 0 Å². The third-order valence-corrected chi connectivity index (χ3v) is 7.49. The maximum Gasteiger partial charge on any atom is 0.269 e. The van der Waals surface area contributed by atoms with Gasteiger partial charge in [0.25, 0.3) is 5.91 Å². The molecule has 28 heavy (non-hydrogen) atoms. The molecule has 144 valence electrons. The van der Waals surface area contributed by atoms with Gasteiger partial charge in [-0.3, -0.25) is 9.69 Å². The molecule has 0 spiro atoms. The Labute approximate surface area is 186 Å². The van der Waals surface area contributed by atoms with Crippen LogP contribution in [0.1, 0.15) is 13.8 Å². The van der Waals surface area contributed by atoms with Gasteiger partial charge in [0.1, 0.15) is 9.93 Å². The number of hydrogen-bond donors (Lipinski definition) is 0. The van der Waals surface area contributed by atoms with Crippen LogP contribution in [0.2, 0.25) is 5.02 Å². The lowest BCUT2D eigenvalue weighted by atomic mass is 10.3. The van der Waals surface area contributed by atoms with Gasteiger partial charge in [0.2, 0.25) is 0 Å². The first kappa shape index (κ1) is 19.9. The first-order valence-electron chi connectivity index (χ1n) is 8.85. The molecular formula is C20H17BrClN3OS2. The fraction of sp³-hybridized carbons (Fsp3) is 0.200. The van der Waals surface area contributed by atoms with Gasteiger partial charge in [-0.1, -0.05) is 45.4 Å². The number of amidine groups is 1. The number of anilines is 1. The van der Waals surface area contributed by atoms with E-state index in [-0.39, 0.29) is 5.91 Å². The molecule has 2 aliphatic rings. The molecule has 1 amide bonds. The van der Waals surface area contributed by atoms with Crippen LogP contribution < -0.4 is 4.90 Å². The van der Waals surface area contributed by atoms with Crippen molar-refractivity contribution in [3.05, 3.63) is 61.9 Å². The van der Waals surface area contributed by atoms with Crippen LogP contribution in [-0.2, 0) is 4.79 Å². The molecule has 2 aromatic rings. The Kier molecular flexibility index (Phi) is 5.78. The fourth-order valence-electron chi connectivity index (χ4n) is 3.09. The predicted octanol–water partition coefficient (Wildman–Crippen LogP) is 6.49. The largest absolute Gasteiger partial charge is 0.334 e. The number of carbonyl (C=O) groups is 1. The van der Waals surface area contributed by atoms with Crippen LogP contribution >= 0.6 is 51.1 Å². The molecule has 0 bridgehead atoms. The molecule has 0 N–H and O–H groups in total. The molecule has 1 fully saturated rings. The standard InChI is InChI=1S/C20H17BrClN3OS2/c1-3-24-15-11-13(22)8-9-16(15)27-19(24)17-18(26)25(4-2)20(28-17)23-14-7-5-6-12(21)10-14/h5-11H,3-4H2,1-2H3/b19-17-,23-20?. The van der Waals surface area contributed by atoms with Crippen LogP contribution in [0.3, 0.4) is 0 Å². The highest BCUT2D eigenvalue weighted by atomic mass is 79.9. The van der Waals surface area contributed by atoms with Crippen molar-refractivity contribution in [3.8, 4) is 0 Å². The average Bonchev–Trinajstić information content (AvgIpc) is 3.18. The van der Waals surface area contributed by atoms with Gasteiger partial charge in [-0.05, 0) is 62.0 Å². The van der Waals surface area contributed by atoms with Gasteiger partial charge < -0.3 is 4.90 Å². The minimum atomic E-state index is 0.00102. The third kappa shape index (κ3) is 3.61. The normalized spacial score (nSPS) is 20.4. The SMILES string of the molecule is CCN1C(=O)/C(=C2/Sc3ccc(Cl)cc3N2CC)SC1=Nc1cccc(Br)c1. The molecule has 0 atom stereocenters. The summed E-state index contributed by atoms with van der Waals surface area (Å²) in [5, 5.41) is 2.35. The maximum absolute atomic E-state index is 13.2. The number of benzene rings is 2. The highest BCUT2D eigenvalue weighted by molar-refractivity contribution is 9.10. The van der Waals surface area contributed by atoms with Crippen molar-refractivity contribution in [2.45, 2.75) is 18.7 Å². The van der Waals surface area contributed by atoms with Gasteiger partial charge >= 0.3 is 0 Å². The highest BCUT2D eigenvalue weighted by Crippen LogP contribution is 2.51. The molecular weight excluding hydrogens is 478 g/mol. The first-order chi connectivity index (χ1) is 13.5. The number of hydrogen-bond acceptors (Lipinski definition) is 5. The van der Waals surface area contributed by atoms with E-state index < -0.39 is 0 Å². The van der Waals surface area contributed by atoms with Crippen LogP contribution in [-0.4, -0.2) is 29.1 Å². The molecule has 0 aromatic heterocycles. The van der Waals surface area contributed by atoms with Gasteiger partial charge in [0.15, 0.2) is 5.17 Å². The molecule has 8 heteroatoms. The summed E-state index contributed by atoms with van der Waals surface area (Å²) in [7, 11) is 0. The molecule has 0 radical (unpaired) electrons. The van der Waals surface area contributed by atoms with E-state index in [9.17, 15) is 4.79 Å². The summed E-state index contributed by atoms with van der Waals surface area (Å²) in [5.41, 5.74) is 1.87. The van der Waals surface area contributed by atoms with E-state index in [1.54, 1.807) is 16.7 Å². The van der Waals surface area contributed by atoms with Crippen LogP contribution in [0.4, 0.5) is 11.4 Å². The Morgan fingerprint density at radius 2 is 1.86 bits per heavy atom. The first-order valence-corrected chi connectivity index (χ1v) is 11.7. The predicted molar refractivity (Wildman–Crippen MR) is 124 cm³/mol. The third-order valence-electron chi connectivity index (χ3n) is 4.39. The van der Waals surface area contributed by atoms with Crippen LogP contribution in [0, 0.1) is 0 Å². The number of fused-ring (bicyclic) bond motifs is 1. The van der Waals surface area contributed by atoms with Gasteiger partial charge in [-0.2, -0.15) is 0 Å². The summed E-state index contributed by atoms with van der Waals surface area (Å²) in [6.07, 6.45) is 0. The monoisotopic (exact) mass is 493 g/mol. The molecule has 0 aliphatic carbocycles. The molecule has 2 aromatic carbocycles. The number of thioether (sulfide) groups is 2. The number of amides is 1. The van der Waals surface area contributed by atoms with Crippen molar-refractivity contribution in [1.82, 2.24) is 4.90 Å². The van der Waals surface area contributed by atoms with Crippen molar-refractivity contribution < 1.29 is 4.79 Å². The van der Waals surface area contributed by atoms with Gasteiger partial charge in [0, 0.05) is 27.5 Å². The Morgan fingerprint density at radius 1 is 1.07 bits per heavy atom. The van der Waals surface area contributed by atoms with E-state index in [0.717, 1.165) is 37.2 Å². The molecule has 4 nitrogen and oxygen atoms in total. The van der Waals surface area contributed by atoms with Crippen molar-refractivity contribution >= 4 is 73.5 Å². The highest BCUT2D eigenvalue weighted by Gasteiger charge is 2.39. The molecule has 2 heterocycles. The molecule has 2 aliphatic heterocycles. The van der Waals surface area contributed by atoms with Crippen molar-refractivity contribution in [1.29, 1.82) is 0 Å². The topological polar surface area (TPSA) is 35.9 Å². The van der Waals surface area contributed by atoms with Crippen LogP contribution in [0.15, 0.2) is 66.8 Å². The van der Waals surface area contributed by atoms with Crippen molar-refractivity contribution in [3.63, 3.8) is 0 Å². The zero-order chi connectivity index (χ0) is 19.8. The summed E-state index contributed by atoms with van der Waals surface area (Å²) in [6, 6.07) is 13.6. The Morgan fingerprint density at radius 3 is 2.57 bits per heavy atom. The lowest BCUT2D eigenvalue weighted by Crippen LogP contribution is -2.29. The number of carbonyl (C=O) groups excluding carboxylic acids is 1. The molecule has 1 saturated heterocycles. The average molecular weight is 495 g/mol. The van der Waals surface area contributed by atoms with E-state index in [2.05, 4.69) is 27.8 Å². The zero-order valence-corrected chi connectivity index (χ0v) is 19.3. The summed E-state index contributed by atoms with van der Waals surface area (Å²) in [6.45, 7) is 5.38. The molecule has 4 rings (SSSR count). The minimum absolute atomic E-state index is 0.00102. The lowest BCUT2D eigenvalue weighted by molar-refractivity contribution is -0.122. The van der Waals surface area contributed by atoms with Gasteiger partial charge in [0.05, 0.1) is 11.4 Å². The number of nitrogens with zero attached hydrogens (tertiary/aromatic N) is 3. The number of likely N-dealkylation sites (N-methyl/N-ethyl adjacent to an activating group) is 1. The van der Waals surface area contributed by atoms with Crippen LogP contribution in [0.5, 0.6) is 0 Å². The van der Waals surface area contributed by atoms with E-state index in [4.69, 9.17) is 16.6 Å². The second-order valence-corrected chi connectivity index (χ2v) is 9.48. The van der Waals surface area contributed by atoms with E-state index >= 15 is 0 Å². The Hall–Kier alpha value is -1.41. The second kappa shape index (κ2) is 8.14. The summed E-state index contributed by atoms with van der Waals surface area (Å²) in [5.74, 6) is 0.00102. The lowest BCUT2D eigenvalue weighted by Gasteiger charge is -2.19. The number of aliphatic imine (C=N–C) groups is 1. The van der Waals surface area contributed by atoms with Crippen molar-refractivity contribution in [2.75, 3.05) is 18.0 Å². The Bertz CT molecular complexity index is 1020. The minimum Gasteiger partial charge on any atom is -0.334 e. The quantitative estimate of drug-likeness (QED) is 0.457. The molecule has 0 unspecified atom stereocenters. The smallest absolute Gasteiger partial charge is 0.269 e. The fourth-order valence-corrected chi connectivity index (χ4v) is 6.08. The zero-order valence-electron chi connectivity index (χ0n) is 15.3. The molecule has 0 saturated carbocycles.